The molecule has 0 unspecified atom stereocenters. The van der Waals surface area contributed by atoms with Crippen molar-refractivity contribution in [3.05, 3.63) is 69.7 Å². The lowest BCUT2D eigenvalue weighted by Crippen LogP contribution is -2.18. The normalized spacial score (nSPS) is 9.91. The topological polar surface area (TPSA) is 69.7 Å². The third-order valence-corrected chi connectivity index (χ3v) is 3.02. The molecule has 7 heteroatoms. The number of carbonyl (C=O) groups excluding carboxylic acids is 3. The molecule has 22 heavy (non-hydrogen) atoms. The Morgan fingerprint density at radius 2 is 0.955 bits per heavy atom. The third kappa shape index (κ3) is 4.31. The van der Waals surface area contributed by atoms with Crippen LogP contribution in [-0.4, -0.2) is 18.1 Å². The summed E-state index contributed by atoms with van der Waals surface area (Å²) >= 11 is 11.3. The third-order valence-electron chi connectivity index (χ3n) is 2.51. The molecule has 0 bridgehead atoms. The lowest BCUT2D eigenvalue weighted by molar-refractivity contribution is 0.0338. The quantitative estimate of drug-likeness (QED) is 0.608. The van der Waals surface area contributed by atoms with Crippen molar-refractivity contribution in [1.82, 2.24) is 0 Å². The first-order valence-corrected chi connectivity index (χ1v) is 6.71. The molecule has 0 atom stereocenters. The van der Waals surface area contributed by atoms with Crippen LogP contribution >= 0.6 is 23.2 Å². The van der Waals surface area contributed by atoms with Crippen LogP contribution in [0.5, 0.6) is 0 Å². The van der Waals surface area contributed by atoms with Gasteiger partial charge in [-0.05, 0) is 48.5 Å². The van der Waals surface area contributed by atoms with Gasteiger partial charge in [0.25, 0.3) is 0 Å². The highest BCUT2D eigenvalue weighted by Gasteiger charge is 2.18. The SMILES string of the molecule is O=C(OC(=O)c1ccc(Cl)cc1)OC(=O)c1ccc(Cl)cc1. The summed E-state index contributed by atoms with van der Waals surface area (Å²) < 4.78 is 8.80. The van der Waals surface area contributed by atoms with E-state index in [-0.39, 0.29) is 11.1 Å². The van der Waals surface area contributed by atoms with Crippen LogP contribution < -0.4 is 0 Å². The summed E-state index contributed by atoms with van der Waals surface area (Å²) in [4.78, 5) is 34.7. The number of halogens is 2. The first-order valence-electron chi connectivity index (χ1n) is 5.95. The number of rotatable bonds is 2. The highest BCUT2D eigenvalue weighted by molar-refractivity contribution is 6.31. The van der Waals surface area contributed by atoms with Gasteiger partial charge < -0.3 is 9.47 Å². The van der Waals surface area contributed by atoms with E-state index in [4.69, 9.17) is 23.2 Å². The van der Waals surface area contributed by atoms with Crippen molar-refractivity contribution >= 4 is 41.3 Å². The zero-order chi connectivity index (χ0) is 16.1. The summed E-state index contributed by atoms with van der Waals surface area (Å²) in [5.74, 6) is -1.91. The predicted octanol–water partition coefficient (Wildman–Crippen LogP) is 4.13. The van der Waals surface area contributed by atoms with Crippen molar-refractivity contribution in [3.8, 4) is 0 Å². The molecule has 0 spiro atoms. The van der Waals surface area contributed by atoms with Crippen molar-refractivity contribution < 1.29 is 23.9 Å². The molecule has 0 aliphatic carbocycles. The molecule has 0 amide bonds. The van der Waals surface area contributed by atoms with Gasteiger partial charge in [0.15, 0.2) is 0 Å². The van der Waals surface area contributed by atoms with Crippen LogP contribution in [0.25, 0.3) is 0 Å². The largest absolute Gasteiger partial charge is 0.524 e. The Morgan fingerprint density at radius 1 is 0.636 bits per heavy atom. The highest BCUT2D eigenvalue weighted by atomic mass is 35.5. The van der Waals surface area contributed by atoms with Gasteiger partial charge in [0.2, 0.25) is 0 Å². The Labute approximate surface area is 135 Å². The van der Waals surface area contributed by atoms with Gasteiger partial charge in [-0.3, -0.25) is 0 Å². The minimum atomic E-state index is -1.42. The zero-order valence-electron chi connectivity index (χ0n) is 10.9. The molecule has 0 aromatic heterocycles. The van der Waals surface area contributed by atoms with Crippen LogP contribution in [0.2, 0.25) is 10.0 Å². The van der Waals surface area contributed by atoms with E-state index >= 15 is 0 Å². The van der Waals surface area contributed by atoms with E-state index in [0.29, 0.717) is 10.0 Å². The maximum Gasteiger partial charge on any atom is 0.524 e. The fraction of sp³-hybridized carbons (Fsp3) is 0. The Balaban J connectivity index is 1.95. The standard InChI is InChI=1S/C15H8Cl2O5/c16-11-5-1-9(2-6-11)13(18)21-15(20)22-14(19)10-3-7-12(17)8-4-10/h1-8H. The van der Waals surface area contributed by atoms with Crippen LogP contribution in [0.3, 0.4) is 0 Å². The van der Waals surface area contributed by atoms with Gasteiger partial charge in [0, 0.05) is 10.0 Å². The lowest BCUT2D eigenvalue weighted by atomic mass is 10.2. The predicted molar refractivity (Wildman–Crippen MR) is 79.1 cm³/mol. The monoisotopic (exact) mass is 338 g/mol. The molecule has 2 aromatic carbocycles. The van der Waals surface area contributed by atoms with Crippen LogP contribution in [0.4, 0.5) is 4.79 Å². The summed E-state index contributed by atoms with van der Waals surface area (Å²) in [6, 6.07) is 11.3. The lowest BCUT2D eigenvalue weighted by Gasteiger charge is -2.04. The molecule has 0 radical (unpaired) electrons. The number of ether oxygens (including phenoxy) is 2. The van der Waals surface area contributed by atoms with Gasteiger partial charge in [-0.2, -0.15) is 0 Å². The Bertz CT molecular complexity index is 646. The van der Waals surface area contributed by atoms with Crippen molar-refractivity contribution in [1.29, 1.82) is 0 Å². The van der Waals surface area contributed by atoms with Crippen molar-refractivity contribution in [2.75, 3.05) is 0 Å². The van der Waals surface area contributed by atoms with E-state index in [2.05, 4.69) is 9.47 Å². The number of carbonyl (C=O) groups is 3. The van der Waals surface area contributed by atoms with Crippen LogP contribution in [-0.2, 0) is 9.47 Å². The fourth-order valence-electron chi connectivity index (χ4n) is 1.46. The molecule has 0 aliphatic heterocycles. The Hall–Kier alpha value is -2.37. The second kappa shape index (κ2) is 7.06. The van der Waals surface area contributed by atoms with E-state index in [9.17, 15) is 14.4 Å². The highest BCUT2D eigenvalue weighted by Crippen LogP contribution is 2.12. The van der Waals surface area contributed by atoms with Gasteiger partial charge in [-0.1, -0.05) is 23.2 Å². The van der Waals surface area contributed by atoms with E-state index in [1.165, 1.54) is 48.5 Å². The molecule has 2 aromatic rings. The zero-order valence-corrected chi connectivity index (χ0v) is 12.4. The van der Waals surface area contributed by atoms with E-state index < -0.39 is 18.1 Å². The molecule has 0 saturated carbocycles. The summed E-state index contributed by atoms with van der Waals surface area (Å²) in [7, 11) is 0. The number of hydrogen-bond donors (Lipinski definition) is 0. The van der Waals surface area contributed by atoms with Crippen LogP contribution in [0.1, 0.15) is 20.7 Å². The molecule has 112 valence electrons. The van der Waals surface area contributed by atoms with E-state index in [0.717, 1.165) is 0 Å². The van der Waals surface area contributed by atoms with Gasteiger partial charge in [-0.25, -0.2) is 14.4 Å². The van der Waals surface area contributed by atoms with Gasteiger partial charge in [0.1, 0.15) is 0 Å². The summed E-state index contributed by atoms with van der Waals surface area (Å²) in [6.07, 6.45) is -1.42. The Morgan fingerprint density at radius 3 is 1.27 bits per heavy atom. The molecule has 0 N–H and O–H groups in total. The average molecular weight is 339 g/mol. The molecule has 0 heterocycles. The number of esters is 2. The smallest absolute Gasteiger partial charge is 0.356 e. The Kier molecular flexibility index (Phi) is 5.14. The molecule has 0 saturated heterocycles. The summed E-state index contributed by atoms with van der Waals surface area (Å²) in [6.45, 7) is 0. The number of benzene rings is 2. The first kappa shape index (κ1) is 16.0. The number of hydrogen-bond acceptors (Lipinski definition) is 5. The molecular weight excluding hydrogens is 331 g/mol. The van der Waals surface area contributed by atoms with Crippen molar-refractivity contribution in [2.24, 2.45) is 0 Å². The second-order valence-corrected chi connectivity index (χ2v) is 4.92. The molecule has 0 aliphatic rings. The maximum absolute atomic E-state index is 11.6. The fourth-order valence-corrected chi connectivity index (χ4v) is 1.71. The summed E-state index contributed by atoms with van der Waals surface area (Å²) in [5.41, 5.74) is 0.195. The minimum absolute atomic E-state index is 0.0975. The average Bonchev–Trinajstić information content (AvgIpc) is 2.48. The molecular formula is C15H8Cl2O5. The summed E-state index contributed by atoms with van der Waals surface area (Å²) in [5, 5.41) is 0.856. The van der Waals surface area contributed by atoms with E-state index in [1.54, 1.807) is 0 Å². The van der Waals surface area contributed by atoms with E-state index in [1.807, 2.05) is 0 Å². The van der Waals surface area contributed by atoms with Gasteiger partial charge in [-0.15, -0.1) is 0 Å². The first-order chi connectivity index (χ1) is 10.5. The van der Waals surface area contributed by atoms with Crippen LogP contribution in [0, 0.1) is 0 Å². The van der Waals surface area contributed by atoms with Crippen LogP contribution in [0.15, 0.2) is 48.5 Å². The van der Waals surface area contributed by atoms with Gasteiger partial charge >= 0.3 is 18.1 Å². The van der Waals surface area contributed by atoms with Gasteiger partial charge in [0.05, 0.1) is 11.1 Å². The maximum atomic E-state index is 11.6. The van der Waals surface area contributed by atoms with Crippen molar-refractivity contribution in [3.63, 3.8) is 0 Å². The minimum Gasteiger partial charge on any atom is -0.356 e. The molecule has 2 rings (SSSR count). The second-order valence-electron chi connectivity index (χ2n) is 4.04. The molecule has 0 fully saturated rings. The van der Waals surface area contributed by atoms with Crippen molar-refractivity contribution in [2.45, 2.75) is 0 Å². The molecule has 5 nitrogen and oxygen atoms in total.